The molecule has 1 heterocycles. The van der Waals surface area contributed by atoms with Crippen molar-refractivity contribution >= 4 is 0 Å². The number of nitrogens with zero attached hydrogens (tertiary/aromatic N) is 1. The maximum Gasteiger partial charge on any atom is 0.212 e. The Hall–Kier alpha value is -1.63. The third kappa shape index (κ3) is 3.58. The number of pyridine rings is 1. The number of benzene rings is 1. The Balaban J connectivity index is 2.43. The fraction of sp³-hybridized carbons (Fsp3) is 0.476. The lowest BCUT2D eigenvalue weighted by Gasteiger charge is -2.29. The molecule has 118 valence electrons. The molecule has 0 radical (unpaired) electrons. The smallest absolute Gasteiger partial charge is 0.201 e. The van der Waals surface area contributed by atoms with E-state index in [2.05, 4.69) is 89.7 Å². The Bertz CT molecular complexity index is 666. The first-order chi connectivity index (χ1) is 10.2. The summed E-state index contributed by atoms with van der Waals surface area (Å²) in [6, 6.07) is 11.4. The Kier molecular flexibility index (Phi) is 4.75. The summed E-state index contributed by atoms with van der Waals surface area (Å²) in [5.41, 5.74) is 7.01. The van der Waals surface area contributed by atoms with Gasteiger partial charge in [0, 0.05) is 17.2 Å². The summed E-state index contributed by atoms with van der Waals surface area (Å²) < 4.78 is 2.23. The van der Waals surface area contributed by atoms with Gasteiger partial charge in [-0.15, -0.1) is 0 Å². The molecule has 2 aromatic rings. The molecule has 1 aromatic heterocycles. The summed E-state index contributed by atoms with van der Waals surface area (Å²) in [5.74, 6) is 0.674. The number of aryl methyl sites for hydroxylation is 3. The molecule has 0 saturated carbocycles. The van der Waals surface area contributed by atoms with E-state index in [1.54, 1.807) is 0 Å². The molecule has 1 heteroatoms. The van der Waals surface area contributed by atoms with E-state index < -0.39 is 0 Å². The average Bonchev–Trinajstić information content (AvgIpc) is 2.41. The lowest BCUT2D eigenvalue weighted by Crippen LogP contribution is -2.31. The van der Waals surface area contributed by atoms with Crippen molar-refractivity contribution in [3.8, 4) is 11.3 Å². The molecule has 0 amide bonds. The third-order valence-electron chi connectivity index (χ3n) is 5.08. The molecule has 1 aromatic carbocycles. The molecule has 1 nitrogen and oxygen atoms in total. The van der Waals surface area contributed by atoms with Gasteiger partial charge in [-0.25, -0.2) is 4.57 Å². The molecule has 0 aliphatic carbocycles. The molecule has 0 spiro atoms. The fourth-order valence-electron chi connectivity index (χ4n) is 2.81. The Morgan fingerprint density at radius 1 is 1.05 bits per heavy atom. The lowest BCUT2D eigenvalue weighted by molar-refractivity contribution is -0.660. The van der Waals surface area contributed by atoms with E-state index in [0.29, 0.717) is 11.3 Å². The third-order valence-corrected chi connectivity index (χ3v) is 5.08. The molecule has 0 unspecified atom stereocenters. The van der Waals surface area contributed by atoms with Gasteiger partial charge in [-0.3, -0.25) is 0 Å². The van der Waals surface area contributed by atoms with Crippen molar-refractivity contribution in [1.29, 1.82) is 0 Å². The highest BCUT2D eigenvalue weighted by Crippen LogP contribution is 2.32. The summed E-state index contributed by atoms with van der Waals surface area (Å²) in [4.78, 5) is 0. The highest BCUT2D eigenvalue weighted by Gasteiger charge is 2.23. The van der Waals surface area contributed by atoms with Crippen LogP contribution in [0.3, 0.4) is 0 Å². The molecular weight excluding hydrogens is 266 g/mol. The number of hydrogen-bond acceptors (Lipinski definition) is 0. The molecule has 0 saturated heterocycles. The quantitative estimate of drug-likeness (QED) is 0.698. The predicted molar refractivity (Wildman–Crippen MR) is 94.9 cm³/mol. The SMILES string of the molecule is Cc1ccc(-c2cc(CC(C)(C)C(C)C)ccc2C)[n+](C)c1. The van der Waals surface area contributed by atoms with Gasteiger partial charge in [0.2, 0.25) is 5.69 Å². The van der Waals surface area contributed by atoms with E-state index >= 15 is 0 Å². The maximum atomic E-state index is 2.38. The van der Waals surface area contributed by atoms with Gasteiger partial charge >= 0.3 is 0 Å². The van der Waals surface area contributed by atoms with Gasteiger partial charge in [0.05, 0.1) is 0 Å². The van der Waals surface area contributed by atoms with Crippen LogP contribution in [0.25, 0.3) is 11.3 Å². The van der Waals surface area contributed by atoms with Crippen LogP contribution >= 0.6 is 0 Å². The fourth-order valence-corrected chi connectivity index (χ4v) is 2.81. The van der Waals surface area contributed by atoms with Gasteiger partial charge in [0.25, 0.3) is 0 Å². The van der Waals surface area contributed by atoms with E-state index in [1.165, 1.54) is 27.9 Å². The molecule has 2 rings (SSSR count). The van der Waals surface area contributed by atoms with Gasteiger partial charge in [0.1, 0.15) is 7.05 Å². The molecular formula is C21H30N+. The van der Waals surface area contributed by atoms with Crippen molar-refractivity contribution in [1.82, 2.24) is 0 Å². The zero-order chi connectivity index (χ0) is 16.5. The Morgan fingerprint density at radius 2 is 1.73 bits per heavy atom. The van der Waals surface area contributed by atoms with E-state index in [1.807, 2.05) is 0 Å². The minimum Gasteiger partial charge on any atom is -0.201 e. The number of hydrogen-bond donors (Lipinski definition) is 0. The van der Waals surface area contributed by atoms with Crippen LogP contribution < -0.4 is 4.57 Å². The van der Waals surface area contributed by atoms with E-state index in [0.717, 1.165) is 6.42 Å². The predicted octanol–water partition coefficient (Wildman–Crippen LogP) is 5.02. The highest BCUT2D eigenvalue weighted by molar-refractivity contribution is 5.62. The molecule has 22 heavy (non-hydrogen) atoms. The van der Waals surface area contributed by atoms with Crippen LogP contribution in [0.15, 0.2) is 36.5 Å². The monoisotopic (exact) mass is 296 g/mol. The molecule has 0 bridgehead atoms. The normalized spacial score (nSPS) is 12.0. The first-order valence-electron chi connectivity index (χ1n) is 8.27. The van der Waals surface area contributed by atoms with Crippen LogP contribution in [0.4, 0.5) is 0 Å². The summed E-state index contributed by atoms with van der Waals surface area (Å²) in [6.45, 7) is 13.7. The minimum absolute atomic E-state index is 0.321. The second-order valence-electron chi connectivity index (χ2n) is 7.67. The molecule has 0 aliphatic heterocycles. The van der Waals surface area contributed by atoms with E-state index in [9.17, 15) is 0 Å². The highest BCUT2D eigenvalue weighted by atomic mass is 14.9. The number of rotatable bonds is 4. The average molecular weight is 296 g/mol. The second kappa shape index (κ2) is 6.24. The molecule has 0 fully saturated rings. The summed E-state index contributed by atoms with van der Waals surface area (Å²) in [7, 11) is 2.13. The van der Waals surface area contributed by atoms with Crippen molar-refractivity contribution in [2.75, 3.05) is 0 Å². The Morgan fingerprint density at radius 3 is 2.32 bits per heavy atom. The van der Waals surface area contributed by atoms with Gasteiger partial charge in [-0.1, -0.05) is 39.8 Å². The van der Waals surface area contributed by atoms with Crippen LogP contribution in [-0.2, 0) is 13.5 Å². The van der Waals surface area contributed by atoms with Crippen molar-refractivity contribution in [2.45, 2.75) is 48.0 Å². The van der Waals surface area contributed by atoms with Gasteiger partial charge in [-0.2, -0.15) is 0 Å². The standard InChI is InChI=1S/C21H30N/c1-15(2)21(5,6)13-18-10-9-17(4)19(12-18)20-11-8-16(3)14-22(20)7/h8-12,14-15H,13H2,1-7H3/q+1. The Labute approximate surface area is 136 Å². The largest absolute Gasteiger partial charge is 0.212 e. The maximum absolute atomic E-state index is 2.38. The first kappa shape index (κ1) is 16.7. The second-order valence-corrected chi connectivity index (χ2v) is 7.67. The van der Waals surface area contributed by atoms with Crippen LogP contribution in [0, 0.1) is 25.2 Å². The van der Waals surface area contributed by atoms with E-state index in [4.69, 9.17) is 0 Å². The topological polar surface area (TPSA) is 3.88 Å². The molecule has 0 atom stereocenters. The molecule has 0 aliphatic rings. The van der Waals surface area contributed by atoms with Gasteiger partial charge in [0.15, 0.2) is 6.20 Å². The minimum atomic E-state index is 0.321. The first-order valence-corrected chi connectivity index (χ1v) is 8.27. The summed E-state index contributed by atoms with van der Waals surface area (Å²) in [5, 5.41) is 0. The van der Waals surface area contributed by atoms with Crippen molar-refractivity contribution in [2.24, 2.45) is 18.4 Å². The van der Waals surface area contributed by atoms with Crippen LogP contribution in [-0.4, -0.2) is 0 Å². The van der Waals surface area contributed by atoms with E-state index in [-0.39, 0.29) is 0 Å². The van der Waals surface area contributed by atoms with Crippen LogP contribution in [0.5, 0.6) is 0 Å². The van der Waals surface area contributed by atoms with Gasteiger partial charge in [-0.05, 0) is 54.9 Å². The lowest BCUT2D eigenvalue weighted by atomic mass is 9.76. The summed E-state index contributed by atoms with van der Waals surface area (Å²) >= 11 is 0. The van der Waals surface area contributed by atoms with Crippen molar-refractivity contribution in [3.63, 3.8) is 0 Å². The summed E-state index contributed by atoms with van der Waals surface area (Å²) in [6.07, 6.45) is 3.31. The zero-order valence-corrected chi connectivity index (χ0v) is 15.2. The molecule has 0 N–H and O–H groups in total. The van der Waals surface area contributed by atoms with Crippen molar-refractivity contribution in [3.05, 3.63) is 53.2 Å². The zero-order valence-electron chi connectivity index (χ0n) is 15.2. The van der Waals surface area contributed by atoms with Crippen LogP contribution in [0.1, 0.15) is 44.4 Å². The number of aromatic nitrogens is 1. The van der Waals surface area contributed by atoms with Gasteiger partial charge < -0.3 is 0 Å². The van der Waals surface area contributed by atoms with Crippen molar-refractivity contribution < 1.29 is 4.57 Å². The van der Waals surface area contributed by atoms with Crippen LogP contribution in [0.2, 0.25) is 0 Å².